The number of hydrogen-bond donors (Lipinski definition) is 2. The number of thiazole rings is 1. The smallest absolute Gasteiger partial charge is 0.231 e. The third kappa shape index (κ3) is 2.83. The molecule has 0 aliphatic carbocycles. The van der Waals surface area contributed by atoms with Gasteiger partial charge in [-0.1, -0.05) is 0 Å². The van der Waals surface area contributed by atoms with Crippen molar-refractivity contribution in [1.29, 1.82) is 0 Å². The number of carbonyl (C=O) groups excluding carboxylic acids is 1. The summed E-state index contributed by atoms with van der Waals surface area (Å²) in [6.45, 7) is 4.18. The van der Waals surface area contributed by atoms with Crippen molar-refractivity contribution in [2.75, 3.05) is 11.9 Å². The van der Waals surface area contributed by atoms with Crippen molar-refractivity contribution in [1.82, 2.24) is 4.98 Å². The highest BCUT2D eigenvalue weighted by molar-refractivity contribution is 7.13. The molecule has 2 rings (SSSR count). The van der Waals surface area contributed by atoms with E-state index in [-0.39, 0.29) is 17.9 Å². The normalized spacial score (nSPS) is 25.8. The largest absolute Gasteiger partial charge is 0.387 e. The van der Waals surface area contributed by atoms with Crippen LogP contribution in [0.25, 0.3) is 0 Å². The van der Waals surface area contributed by atoms with Gasteiger partial charge in [0.2, 0.25) is 5.91 Å². The van der Waals surface area contributed by atoms with Gasteiger partial charge >= 0.3 is 0 Å². The Kier molecular flexibility index (Phi) is 3.76. The lowest BCUT2D eigenvalue weighted by Crippen LogP contribution is -2.27. The molecule has 1 aliphatic rings. The molecule has 2 heterocycles. The van der Waals surface area contributed by atoms with Crippen LogP contribution in [0.15, 0.2) is 5.38 Å². The van der Waals surface area contributed by atoms with Gasteiger partial charge in [-0.05, 0) is 20.3 Å². The molecule has 1 aromatic heterocycles. The fourth-order valence-electron chi connectivity index (χ4n) is 1.81. The van der Waals surface area contributed by atoms with E-state index in [4.69, 9.17) is 4.74 Å². The molecule has 94 valence electrons. The van der Waals surface area contributed by atoms with E-state index >= 15 is 0 Å². The van der Waals surface area contributed by atoms with Crippen LogP contribution in [0.3, 0.4) is 0 Å². The number of ether oxygens (including phenoxy) is 1. The first-order valence-electron chi connectivity index (χ1n) is 5.64. The van der Waals surface area contributed by atoms with Crippen LogP contribution in [0.2, 0.25) is 0 Å². The van der Waals surface area contributed by atoms with Gasteiger partial charge in [0.25, 0.3) is 0 Å². The number of nitrogens with zero attached hydrogens (tertiary/aromatic N) is 1. The summed E-state index contributed by atoms with van der Waals surface area (Å²) >= 11 is 1.32. The van der Waals surface area contributed by atoms with Crippen LogP contribution in [0, 0.1) is 5.92 Å². The number of rotatable bonds is 3. The Balaban J connectivity index is 1.97. The van der Waals surface area contributed by atoms with E-state index in [9.17, 15) is 9.90 Å². The second-order valence-corrected chi connectivity index (χ2v) is 5.07. The third-order valence-electron chi connectivity index (χ3n) is 2.89. The highest BCUT2D eigenvalue weighted by atomic mass is 32.1. The summed E-state index contributed by atoms with van der Waals surface area (Å²) in [5.74, 6) is -0.157. The van der Waals surface area contributed by atoms with Crippen molar-refractivity contribution in [3.05, 3.63) is 11.1 Å². The predicted molar refractivity (Wildman–Crippen MR) is 64.9 cm³/mol. The van der Waals surface area contributed by atoms with Crippen LogP contribution >= 0.6 is 11.3 Å². The first kappa shape index (κ1) is 12.5. The molecule has 5 nitrogen and oxygen atoms in total. The number of aliphatic hydroxyl groups is 1. The van der Waals surface area contributed by atoms with E-state index < -0.39 is 6.10 Å². The Morgan fingerprint density at radius 3 is 3.06 bits per heavy atom. The number of aliphatic hydroxyl groups excluding tert-OH is 1. The molecule has 1 fully saturated rings. The lowest BCUT2D eigenvalue weighted by Gasteiger charge is -2.12. The minimum Gasteiger partial charge on any atom is -0.387 e. The van der Waals surface area contributed by atoms with Gasteiger partial charge < -0.3 is 15.2 Å². The van der Waals surface area contributed by atoms with Crippen molar-refractivity contribution in [2.45, 2.75) is 32.5 Å². The van der Waals surface area contributed by atoms with E-state index in [2.05, 4.69) is 10.3 Å². The van der Waals surface area contributed by atoms with Crippen LogP contribution in [-0.4, -0.2) is 28.7 Å². The Bertz CT molecular complexity index is 405. The minimum atomic E-state index is -0.606. The van der Waals surface area contributed by atoms with Crippen molar-refractivity contribution in [2.24, 2.45) is 5.92 Å². The molecule has 1 aliphatic heterocycles. The molecule has 0 aromatic carbocycles. The Labute approximate surface area is 104 Å². The average Bonchev–Trinajstić information content (AvgIpc) is 2.86. The Morgan fingerprint density at radius 1 is 1.76 bits per heavy atom. The lowest BCUT2D eigenvalue weighted by atomic mass is 10.0. The van der Waals surface area contributed by atoms with E-state index in [1.165, 1.54) is 11.3 Å². The van der Waals surface area contributed by atoms with Crippen LogP contribution in [-0.2, 0) is 9.53 Å². The molecule has 1 aromatic rings. The van der Waals surface area contributed by atoms with Gasteiger partial charge in [0.05, 0.1) is 23.8 Å². The second-order valence-electron chi connectivity index (χ2n) is 4.21. The second kappa shape index (κ2) is 5.12. The lowest BCUT2D eigenvalue weighted by molar-refractivity contribution is -0.121. The monoisotopic (exact) mass is 256 g/mol. The average molecular weight is 256 g/mol. The maximum absolute atomic E-state index is 11.9. The van der Waals surface area contributed by atoms with Gasteiger partial charge in [0.1, 0.15) is 0 Å². The van der Waals surface area contributed by atoms with Gasteiger partial charge in [0.15, 0.2) is 5.13 Å². The molecule has 0 bridgehead atoms. The molecule has 0 saturated carbocycles. The minimum absolute atomic E-state index is 0.0359. The molecule has 6 heteroatoms. The molecule has 1 amide bonds. The molecule has 17 heavy (non-hydrogen) atoms. The molecular formula is C11H16N2O3S. The summed E-state index contributed by atoms with van der Waals surface area (Å²) in [5, 5.41) is 14.4. The summed E-state index contributed by atoms with van der Waals surface area (Å²) in [6, 6.07) is 0. The maximum Gasteiger partial charge on any atom is 0.231 e. The number of aromatic nitrogens is 1. The zero-order chi connectivity index (χ0) is 12.4. The van der Waals surface area contributed by atoms with Crippen molar-refractivity contribution in [3.63, 3.8) is 0 Å². The first-order valence-corrected chi connectivity index (χ1v) is 6.52. The quantitative estimate of drug-likeness (QED) is 0.861. The zero-order valence-corrected chi connectivity index (χ0v) is 10.7. The fourth-order valence-corrected chi connectivity index (χ4v) is 2.61. The standard InChI is InChI=1S/C11H16N2O3S/c1-6(14)9-5-17-11(12-9)13-10(15)8-3-4-16-7(8)2/h5-8,14H,3-4H2,1-2H3,(H,12,13,15). The van der Waals surface area contributed by atoms with Gasteiger partial charge in [-0.3, -0.25) is 4.79 Å². The van der Waals surface area contributed by atoms with Crippen LogP contribution < -0.4 is 5.32 Å². The number of hydrogen-bond acceptors (Lipinski definition) is 5. The van der Waals surface area contributed by atoms with Crippen LogP contribution in [0.4, 0.5) is 5.13 Å². The van der Waals surface area contributed by atoms with Gasteiger partial charge in [-0.15, -0.1) is 11.3 Å². The summed E-state index contributed by atoms with van der Waals surface area (Å²) in [7, 11) is 0. The molecule has 3 atom stereocenters. The van der Waals surface area contributed by atoms with Crippen molar-refractivity contribution >= 4 is 22.4 Å². The number of carbonyl (C=O) groups is 1. The Morgan fingerprint density at radius 2 is 2.53 bits per heavy atom. The van der Waals surface area contributed by atoms with Gasteiger partial charge in [-0.2, -0.15) is 0 Å². The van der Waals surface area contributed by atoms with E-state index in [0.29, 0.717) is 17.4 Å². The molecule has 2 N–H and O–H groups in total. The molecule has 1 saturated heterocycles. The van der Waals surface area contributed by atoms with E-state index in [1.807, 2.05) is 6.92 Å². The summed E-state index contributed by atoms with van der Waals surface area (Å²) < 4.78 is 5.35. The highest BCUT2D eigenvalue weighted by Gasteiger charge is 2.31. The van der Waals surface area contributed by atoms with Crippen LogP contribution in [0.1, 0.15) is 32.1 Å². The maximum atomic E-state index is 11.9. The number of anilines is 1. The van der Waals surface area contributed by atoms with E-state index in [0.717, 1.165) is 6.42 Å². The predicted octanol–water partition coefficient (Wildman–Crippen LogP) is 1.56. The first-order chi connectivity index (χ1) is 8.08. The highest BCUT2D eigenvalue weighted by Crippen LogP contribution is 2.24. The molecular weight excluding hydrogens is 240 g/mol. The fraction of sp³-hybridized carbons (Fsp3) is 0.636. The van der Waals surface area contributed by atoms with Crippen molar-refractivity contribution in [3.8, 4) is 0 Å². The number of amides is 1. The van der Waals surface area contributed by atoms with E-state index in [1.54, 1.807) is 12.3 Å². The molecule has 0 radical (unpaired) electrons. The summed E-state index contributed by atoms with van der Waals surface area (Å²) in [5.41, 5.74) is 0.584. The van der Waals surface area contributed by atoms with Gasteiger partial charge in [0, 0.05) is 12.0 Å². The van der Waals surface area contributed by atoms with Gasteiger partial charge in [-0.25, -0.2) is 4.98 Å². The molecule has 0 spiro atoms. The van der Waals surface area contributed by atoms with Crippen molar-refractivity contribution < 1.29 is 14.6 Å². The number of nitrogens with one attached hydrogen (secondary N) is 1. The topological polar surface area (TPSA) is 71.5 Å². The Hall–Kier alpha value is -0.980. The van der Waals surface area contributed by atoms with Crippen LogP contribution in [0.5, 0.6) is 0 Å². The zero-order valence-electron chi connectivity index (χ0n) is 9.84. The SMILES string of the molecule is CC(O)c1csc(NC(=O)C2CCOC2C)n1. The molecule has 3 unspecified atom stereocenters. The third-order valence-corrected chi connectivity index (χ3v) is 3.67. The summed E-state index contributed by atoms with van der Waals surface area (Å²) in [6.07, 6.45) is 0.110. The summed E-state index contributed by atoms with van der Waals surface area (Å²) in [4.78, 5) is 16.1.